The standard InChI is InChI=1S/C22H23N5O2S/c28-21(24-17-9-3-1-4-10-17)20(16-8-7-13-23-14-16)27(18-11-5-2-6-12-18)22(29)19-15-30-26-25-19/h2,5-8,11-15,17,20H,1,3-4,9-10H2,(H,24,28)/t20-/m1/s1. The SMILES string of the molecule is O=C(NC1CCCCC1)[C@@H](c1cccnc1)N(C(=O)c1csnn1)c1ccccc1. The number of amides is 2. The van der Waals surface area contributed by atoms with Gasteiger partial charge in [0.15, 0.2) is 5.69 Å². The van der Waals surface area contributed by atoms with Crippen molar-refractivity contribution in [3.63, 3.8) is 0 Å². The van der Waals surface area contributed by atoms with E-state index in [9.17, 15) is 9.59 Å². The number of hydrogen-bond donors (Lipinski definition) is 1. The van der Waals surface area contributed by atoms with Crippen molar-refractivity contribution in [3.8, 4) is 0 Å². The van der Waals surface area contributed by atoms with Gasteiger partial charge in [0.05, 0.1) is 0 Å². The molecule has 2 aromatic heterocycles. The molecule has 154 valence electrons. The van der Waals surface area contributed by atoms with Crippen molar-refractivity contribution < 1.29 is 9.59 Å². The molecule has 0 radical (unpaired) electrons. The maximum atomic E-state index is 13.5. The molecule has 0 aliphatic heterocycles. The summed E-state index contributed by atoms with van der Waals surface area (Å²) in [5.41, 5.74) is 1.47. The fourth-order valence-electron chi connectivity index (χ4n) is 3.84. The Morgan fingerprint density at radius 3 is 2.53 bits per heavy atom. The third-order valence-corrected chi connectivity index (χ3v) is 5.80. The van der Waals surface area contributed by atoms with Crippen LogP contribution in [0.4, 0.5) is 5.69 Å². The molecular formula is C22H23N5O2S. The number of nitrogens with one attached hydrogen (secondary N) is 1. The van der Waals surface area contributed by atoms with Gasteiger partial charge in [-0.15, -0.1) is 5.10 Å². The average molecular weight is 422 g/mol. The Bertz CT molecular complexity index is 960. The highest BCUT2D eigenvalue weighted by atomic mass is 32.1. The Labute approximate surface area is 179 Å². The summed E-state index contributed by atoms with van der Waals surface area (Å²) in [6.07, 6.45) is 8.61. The zero-order chi connectivity index (χ0) is 20.8. The Kier molecular flexibility index (Phi) is 6.44. The first kappa shape index (κ1) is 20.2. The second-order valence-electron chi connectivity index (χ2n) is 7.33. The van der Waals surface area contributed by atoms with E-state index < -0.39 is 6.04 Å². The maximum Gasteiger partial charge on any atom is 0.280 e. The number of para-hydroxylation sites is 1. The molecule has 7 nitrogen and oxygen atoms in total. The van der Waals surface area contributed by atoms with Crippen LogP contribution in [-0.2, 0) is 4.79 Å². The number of rotatable bonds is 6. The molecule has 8 heteroatoms. The molecule has 1 saturated carbocycles. The van der Waals surface area contributed by atoms with Crippen LogP contribution in [0.15, 0.2) is 60.2 Å². The molecule has 2 amide bonds. The van der Waals surface area contributed by atoms with Crippen LogP contribution in [0.1, 0.15) is 54.2 Å². The highest BCUT2D eigenvalue weighted by Gasteiger charge is 2.35. The molecular weight excluding hydrogens is 398 g/mol. The summed E-state index contributed by atoms with van der Waals surface area (Å²) in [7, 11) is 0. The van der Waals surface area contributed by atoms with Gasteiger partial charge in [-0.3, -0.25) is 19.5 Å². The summed E-state index contributed by atoms with van der Waals surface area (Å²) in [5, 5.41) is 8.71. The molecule has 3 aromatic rings. The van der Waals surface area contributed by atoms with Gasteiger partial charge >= 0.3 is 0 Å². The predicted octanol–water partition coefficient (Wildman–Crippen LogP) is 3.77. The van der Waals surface area contributed by atoms with Gasteiger partial charge in [-0.05, 0) is 42.6 Å². The average Bonchev–Trinajstić information content (AvgIpc) is 3.34. The van der Waals surface area contributed by atoms with Crippen LogP contribution in [-0.4, -0.2) is 32.4 Å². The molecule has 4 rings (SSSR count). The minimum absolute atomic E-state index is 0.124. The van der Waals surface area contributed by atoms with Crippen molar-refractivity contribution in [2.24, 2.45) is 0 Å². The largest absolute Gasteiger partial charge is 0.351 e. The molecule has 0 saturated heterocycles. The van der Waals surface area contributed by atoms with Gasteiger partial charge in [0, 0.05) is 35.1 Å². The number of pyridine rings is 1. The second kappa shape index (κ2) is 9.58. The van der Waals surface area contributed by atoms with Crippen LogP contribution in [0.5, 0.6) is 0 Å². The molecule has 0 bridgehead atoms. The summed E-state index contributed by atoms with van der Waals surface area (Å²) in [5.74, 6) is -0.585. The van der Waals surface area contributed by atoms with Crippen LogP contribution < -0.4 is 10.2 Å². The molecule has 30 heavy (non-hydrogen) atoms. The Hall–Kier alpha value is -3.13. The van der Waals surface area contributed by atoms with E-state index in [1.54, 1.807) is 23.8 Å². The summed E-state index contributed by atoms with van der Waals surface area (Å²) in [4.78, 5) is 32.7. The molecule has 2 heterocycles. The van der Waals surface area contributed by atoms with Crippen molar-refractivity contribution in [2.45, 2.75) is 44.2 Å². The number of anilines is 1. The minimum atomic E-state index is -0.864. The van der Waals surface area contributed by atoms with Crippen LogP contribution in [0.2, 0.25) is 0 Å². The topological polar surface area (TPSA) is 88.1 Å². The van der Waals surface area contributed by atoms with Gasteiger partial charge in [0.2, 0.25) is 5.91 Å². The first-order valence-corrected chi connectivity index (χ1v) is 10.9. The Morgan fingerprint density at radius 1 is 1.07 bits per heavy atom. The van der Waals surface area contributed by atoms with Crippen LogP contribution >= 0.6 is 11.5 Å². The lowest BCUT2D eigenvalue weighted by Gasteiger charge is -2.32. The first-order valence-electron chi connectivity index (χ1n) is 10.1. The molecule has 1 fully saturated rings. The number of benzene rings is 1. The van der Waals surface area contributed by atoms with Gasteiger partial charge < -0.3 is 5.32 Å². The van der Waals surface area contributed by atoms with E-state index in [1.165, 1.54) is 11.3 Å². The fourth-order valence-corrected chi connectivity index (χ4v) is 4.27. The van der Waals surface area contributed by atoms with Gasteiger partial charge in [-0.2, -0.15) is 0 Å². The Balaban J connectivity index is 1.74. The minimum Gasteiger partial charge on any atom is -0.351 e. The molecule has 1 aromatic carbocycles. The van der Waals surface area contributed by atoms with Gasteiger partial charge in [-0.25, -0.2) is 0 Å². The van der Waals surface area contributed by atoms with E-state index in [0.29, 0.717) is 11.3 Å². The number of hydrogen-bond acceptors (Lipinski definition) is 6. The normalized spacial score (nSPS) is 15.3. The van der Waals surface area contributed by atoms with E-state index >= 15 is 0 Å². The van der Waals surface area contributed by atoms with Crippen molar-refractivity contribution in [3.05, 3.63) is 71.5 Å². The number of carbonyl (C=O) groups excluding carboxylic acids is 2. The number of aromatic nitrogens is 3. The van der Waals surface area contributed by atoms with E-state index in [-0.39, 0.29) is 23.6 Å². The summed E-state index contributed by atoms with van der Waals surface area (Å²) in [6.45, 7) is 0. The maximum absolute atomic E-state index is 13.5. The summed E-state index contributed by atoms with van der Waals surface area (Å²) >= 11 is 1.10. The van der Waals surface area contributed by atoms with E-state index in [0.717, 1.165) is 37.2 Å². The zero-order valence-corrected chi connectivity index (χ0v) is 17.3. The van der Waals surface area contributed by atoms with E-state index in [2.05, 4.69) is 19.9 Å². The smallest absolute Gasteiger partial charge is 0.280 e. The Morgan fingerprint density at radius 2 is 1.87 bits per heavy atom. The lowest BCUT2D eigenvalue weighted by Crippen LogP contribution is -2.47. The van der Waals surface area contributed by atoms with E-state index in [4.69, 9.17) is 0 Å². The third kappa shape index (κ3) is 4.54. The van der Waals surface area contributed by atoms with Gasteiger partial charge in [0.25, 0.3) is 5.91 Å². The fraction of sp³-hybridized carbons (Fsp3) is 0.318. The van der Waals surface area contributed by atoms with Crippen LogP contribution in [0.3, 0.4) is 0 Å². The molecule has 1 atom stereocenters. The van der Waals surface area contributed by atoms with Gasteiger partial charge in [-0.1, -0.05) is 48.0 Å². The quantitative estimate of drug-likeness (QED) is 0.655. The van der Waals surface area contributed by atoms with Crippen molar-refractivity contribution in [1.82, 2.24) is 19.9 Å². The van der Waals surface area contributed by atoms with Gasteiger partial charge in [0.1, 0.15) is 6.04 Å². The van der Waals surface area contributed by atoms with Crippen LogP contribution in [0.25, 0.3) is 0 Å². The monoisotopic (exact) mass is 421 g/mol. The molecule has 1 aliphatic carbocycles. The zero-order valence-electron chi connectivity index (χ0n) is 16.5. The molecule has 1 aliphatic rings. The predicted molar refractivity (Wildman–Crippen MR) is 115 cm³/mol. The number of nitrogens with zero attached hydrogens (tertiary/aromatic N) is 4. The third-order valence-electron chi connectivity index (χ3n) is 5.29. The van der Waals surface area contributed by atoms with Crippen LogP contribution in [0, 0.1) is 0 Å². The number of carbonyl (C=O) groups is 2. The molecule has 0 unspecified atom stereocenters. The van der Waals surface area contributed by atoms with Crippen molar-refractivity contribution in [1.29, 1.82) is 0 Å². The highest BCUT2D eigenvalue weighted by Crippen LogP contribution is 2.30. The lowest BCUT2D eigenvalue weighted by atomic mass is 9.94. The van der Waals surface area contributed by atoms with Crippen molar-refractivity contribution >= 4 is 29.0 Å². The van der Waals surface area contributed by atoms with Crippen molar-refractivity contribution in [2.75, 3.05) is 4.90 Å². The lowest BCUT2D eigenvalue weighted by molar-refractivity contribution is -0.123. The molecule has 0 spiro atoms. The first-order chi connectivity index (χ1) is 14.7. The molecule has 1 N–H and O–H groups in total. The van der Waals surface area contributed by atoms with E-state index in [1.807, 2.05) is 36.4 Å². The summed E-state index contributed by atoms with van der Waals surface area (Å²) < 4.78 is 3.82. The highest BCUT2D eigenvalue weighted by molar-refractivity contribution is 7.03. The second-order valence-corrected chi connectivity index (χ2v) is 7.94. The summed E-state index contributed by atoms with van der Waals surface area (Å²) in [6, 6.07) is 12.0.